The number of halogens is 2. The van der Waals surface area contributed by atoms with Gasteiger partial charge in [-0.25, -0.2) is 4.98 Å². The van der Waals surface area contributed by atoms with Gasteiger partial charge in [0.05, 0.1) is 34.3 Å². The van der Waals surface area contributed by atoms with Crippen LogP contribution in [0.15, 0.2) is 48.5 Å². The van der Waals surface area contributed by atoms with Crippen molar-refractivity contribution in [1.82, 2.24) is 9.88 Å². The highest BCUT2D eigenvalue weighted by molar-refractivity contribution is 6.43. The number of anilines is 1. The predicted molar refractivity (Wildman–Crippen MR) is 151 cm³/mol. The van der Waals surface area contributed by atoms with Crippen molar-refractivity contribution in [3.63, 3.8) is 0 Å². The number of hydrogen-bond donors (Lipinski definition) is 0. The molecule has 1 aliphatic rings. The van der Waals surface area contributed by atoms with Crippen molar-refractivity contribution in [2.75, 3.05) is 44.2 Å². The Labute approximate surface area is 229 Å². The van der Waals surface area contributed by atoms with E-state index in [0.717, 1.165) is 67.9 Å². The topological polar surface area (TPSA) is 54.9 Å². The Balaban J connectivity index is 1.19. The molecule has 0 amide bonds. The molecule has 1 aromatic heterocycles. The van der Waals surface area contributed by atoms with Gasteiger partial charge in [-0.1, -0.05) is 50.0 Å². The molecule has 198 valence electrons. The third kappa shape index (κ3) is 7.97. The van der Waals surface area contributed by atoms with Crippen LogP contribution >= 0.6 is 23.2 Å². The number of benzene rings is 2. The van der Waals surface area contributed by atoms with Crippen LogP contribution in [0.25, 0.3) is 10.9 Å². The largest absolute Gasteiger partial charge is 0.494 e. The van der Waals surface area contributed by atoms with Crippen LogP contribution in [-0.4, -0.2) is 55.2 Å². The molecule has 0 saturated carbocycles. The maximum atomic E-state index is 12.2. The van der Waals surface area contributed by atoms with E-state index in [1.54, 1.807) is 6.07 Å². The van der Waals surface area contributed by atoms with Crippen LogP contribution < -0.4 is 14.4 Å². The summed E-state index contributed by atoms with van der Waals surface area (Å²) in [6.07, 6.45) is 2.37. The molecule has 0 unspecified atom stereocenters. The number of nitrogens with zero attached hydrogens (tertiary/aromatic N) is 3. The SMILES string of the molecule is CC(C)(C)CC(=O)Oc1ccc2ccc(OCCCCN3CCN(c4cccc(Cl)c4Cl)CC3)cc2n1. The summed E-state index contributed by atoms with van der Waals surface area (Å²) in [7, 11) is 0. The molecular weight excluding hydrogens is 509 g/mol. The van der Waals surface area contributed by atoms with E-state index in [1.807, 2.05) is 63.2 Å². The van der Waals surface area contributed by atoms with Crippen LogP contribution in [-0.2, 0) is 4.79 Å². The quantitative estimate of drug-likeness (QED) is 0.217. The molecule has 2 heterocycles. The second-order valence-corrected chi connectivity index (χ2v) is 11.5. The first kappa shape index (κ1) is 27.5. The number of hydrogen-bond acceptors (Lipinski definition) is 6. The van der Waals surface area contributed by atoms with Gasteiger partial charge in [-0.15, -0.1) is 0 Å². The van der Waals surface area contributed by atoms with Crippen LogP contribution in [0.4, 0.5) is 5.69 Å². The summed E-state index contributed by atoms with van der Waals surface area (Å²) in [5.74, 6) is 0.809. The van der Waals surface area contributed by atoms with Crippen LogP contribution in [0.1, 0.15) is 40.0 Å². The molecule has 1 saturated heterocycles. The van der Waals surface area contributed by atoms with Gasteiger partial charge in [-0.05, 0) is 55.1 Å². The number of piperazine rings is 1. The Morgan fingerprint density at radius 3 is 2.51 bits per heavy atom. The van der Waals surface area contributed by atoms with E-state index in [0.29, 0.717) is 29.0 Å². The van der Waals surface area contributed by atoms with Crippen LogP contribution in [0, 0.1) is 5.41 Å². The summed E-state index contributed by atoms with van der Waals surface area (Å²) in [6, 6.07) is 15.3. The van der Waals surface area contributed by atoms with Gasteiger partial charge >= 0.3 is 5.97 Å². The zero-order valence-electron chi connectivity index (χ0n) is 21.8. The van der Waals surface area contributed by atoms with Gasteiger partial charge in [-0.3, -0.25) is 9.69 Å². The normalized spacial score (nSPS) is 14.7. The molecule has 1 fully saturated rings. The molecule has 0 bridgehead atoms. The fraction of sp³-hybridized carbons (Fsp3) is 0.448. The number of aromatic nitrogens is 1. The highest BCUT2D eigenvalue weighted by Gasteiger charge is 2.20. The zero-order valence-corrected chi connectivity index (χ0v) is 23.3. The van der Waals surface area contributed by atoms with Crippen molar-refractivity contribution in [3.8, 4) is 11.6 Å². The first-order chi connectivity index (χ1) is 17.7. The summed E-state index contributed by atoms with van der Waals surface area (Å²) in [4.78, 5) is 21.4. The van der Waals surface area contributed by atoms with E-state index in [-0.39, 0.29) is 11.4 Å². The number of ether oxygens (including phenoxy) is 2. The van der Waals surface area contributed by atoms with Gasteiger partial charge < -0.3 is 14.4 Å². The highest BCUT2D eigenvalue weighted by Crippen LogP contribution is 2.33. The lowest BCUT2D eigenvalue weighted by Crippen LogP contribution is -2.46. The third-order valence-electron chi connectivity index (χ3n) is 6.31. The van der Waals surface area contributed by atoms with Gasteiger partial charge in [0.15, 0.2) is 0 Å². The van der Waals surface area contributed by atoms with Crippen molar-refractivity contribution in [2.45, 2.75) is 40.0 Å². The van der Waals surface area contributed by atoms with E-state index >= 15 is 0 Å². The zero-order chi connectivity index (χ0) is 26.4. The Bertz CT molecular complexity index is 1220. The summed E-state index contributed by atoms with van der Waals surface area (Å²) < 4.78 is 11.4. The minimum absolute atomic E-state index is 0.130. The average molecular weight is 545 g/mol. The lowest BCUT2D eigenvalue weighted by atomic mass is 9.92. The van der Waals surface area contributed by atoms with Crippen molar-refractivity contribution in [1.29, 1.82) is 0 Å². The van der Waals surface area contributed by atoms with Gasteiger partial charge in [-0.2, -0.15) is 0 Å². The molecule has 3 aromatic rings. The summed E-state index contributed by atoms with van der Waals surface area (Å²) in [5, 5.41) is 2.21. The summed E-state index contributed by atoms with van der Waals surface area (Å²) >= 11 is 12.6. The van der Waals surface area contributed by atoms with E-state index in [2.05, 4.69) is 14.8 Å². The molecule has 0 atom stereocenters. The van der Waals surface area contributed by atoms with Crippen LogP contribution in [0.5, 0.6) is 11.6 Å². The smallest absolute Gasteiger partial charge is 0.313 e. The number of esters is 1. The van der Waals surface area contributed by atoms with E-state index < -0.39 is 0 Å². The maximum Gasteiger partial charge on any atom is 0.313 e. The second kappa shape index (κ2) is 12.3. The lowest BCUT2D eigenvalue weighted by Gasteiger charge is -2.36. The van der Waals surface area contributed by atoms with Gasteiger partial charge in [0.2, 0.25) is 5.88 Å². The van der Waals surface area contributed by atoms with E-state index in [4.69, 9.17) is 32.7 Å². The molecule has 4 rings (SSSR count). The number of carbonyl (C=O) groups excluding carboxylic acids is 1. The minimum atomic E-state index is -0.276. The van der Waals surface area contributed by atoms with E-state index in [9.17, 15) is 4.79 Å². The summed E-state index contributed by atoms with van der Waals surface area (Å²) in [6.45, 7) is 11.6. The molecule has 0 spiro atoms. The number of unbranched alkanes of at least 4 members (excludes halogenated alkanes) is 1. The Morgan fingerprint density at radius 1 is 1.00 bits per heavy atom. The minimum Gasteiger partial charge on any atom is -0.494 e. The molecule has 1 aliphatic heterocycles. The first-order valence-corrected chi connectivity index (χ1v) is 13.6. The lowest BCUT2D eigenvalue weighted by molar-refractivity contribution is -0.136. The second-order valence-electron chi connectivity index (χ2n) is 10.7. The van der Waals surface area contributed by atoms with Gasteiger partial charge in [0.1, 0.15) is 5.75 Å². The van der Waals surface area contributed by atoms with Crippen molar-refractivity contribution >= 4 is 45.8 Å². The average Bonchev–Trinajstić information content (AvgIpc) is 2.84. The highest BCUT2D eigenvalue weighted by atomic mass is 35.5. The van der Waals surface area contributed by atoms with Crippen molar-refractivity contribution < 1.29 is 14.3 Å². The van der Waals surface area contributed by atoms with E-state index in [1.165, 1.54) is 0 Å². The fourth-order valence-corrected chi connectivity index (χ4v) is 4.80. The predicted octanol–water partition coefficient (Wildman–Crippen LogP) is 6.86. The first-order valence-electron chi connectivity index (χ1n) is 12.8. The maximum absolute atomic E-state index is 12.2. The fourth-order valence-electron chi connectivity index (χ4n) is 4.39. The molecule has 37 heavy (non-hydrogen) atoms. The Kier molecular flexibility index (Phi) is 9.17. The van der Waals surface area contributed by atoms with Gasteiger partial charge in [0, 0.05) is 43.7 Å². The molecule has 0 radical (unpaired) electrons. The van der Waals surface area contributed by atoms with Crippen LogP contribution in [0.3, 0.4) is 0 Å². The summed E-state index contributed by atoms with van der Waals surface area (Å²) in [5.41, 5.74) is 1.63. The number of rotatable bonds is 9. The Morgan fingerprint density at radius 2 is 1.76 bits per heavy atom. The number of pyridine rings is 1. The molecular formula is C29H35Cl2N3O3. The number of fused-ring (bicyclic) bond motifs is 1. The monoisotopic (exact) mass is 543 g/mol. The third-order valence-corrected chi connectivity index (χ3v) is 7.12. The van der Waals surface area contributed by atoms with Crippen molar-refractivity contribution in [3.05, 3.63) is 58.6 Å². The molecule has 0 N–H and O–H groups in total. The molecule has 0 aliphatic carbocycles. The van der Waals surface area contributed by atoms with Crippen LogP contribution in [0.2, 0.25) is 10.0 Å². The molecule has 8 heteroatoms. The van der Waals surface area contributed by atoms with Crippen molar-refractivity contribution in [2.24, 2.45) is 5.41 Å². The Hall–Kier alpha value is -2.54. The number of carbonyl (C=O) groups is 1. The standard InChI is InChI=1S/C29H35Cl2N3O3/c1-29(2,3)20-27(35)37-26-12-10-21-9-11-22(19-24(21)32-26)36-18-5-4-13-33-14-16-34(17-15-33)25-8-6-7-23(30)28(25)31/h6-12,19H,4-5,13-18,20H2,1-3H3. The van der Waals surface area contributed by atoms with Gasteiger partial charge in [0.25, 0.3) is 0 Å². The molecule has 6 nitrogen and oxygen atoms in total. The molecule has 2 aromatic carbocycles.